The zero-order valence-corrected chi connectivity index (χ0v) is 33.0. The summed E-state index contributed by atoms with van der Waals surface area (Å²) in [5.41, 5.74) is 0.938. The zero-order valence-electron chi connectivity index (χ0n) is 33.0. The Morgan fingerprint density at radius 2 is 0.922 bits per heavy atom. The molecule has 0 bridgehead atoms. The SMILES string of the molecule is CCCCCCCCCCCCCCCCNC(=O)N[C@@H](CCCCNC(=O)OCc1ccccc1)C(=O)NCCCCCCCCCCCC. The van der Waals surface area contributed by atoms with Gasteiger partial charge < -0.3 is 26.0 Å². The number of alkyl carbamates (subject to hydrolysis) is 1. The maximum atomic E-state index is 13.1. The number of nitrogens with one attached hydrogen (secondary N) is 4. The lowest BCUT2D eigenvalue weighted by Gasteiger charge is -2.19. The fourth-order valence-corrected chi connectivity index (χ4v) is 6.38. The van der Waals surface area contributed by atoms with Gasteiger partial charge in [-0.25, -0.2) is 9.59 Å². The van der Waals surface area contributed by atoms with Crippen molar-refractivity contribution in [1.82, 2.24) is 21.3 Å². The largest absolute Gasteiger partial charge is 0.445 e. The fraction of sp³-hybridized carbons (Fsp3) is 0.791. The van der Waals surface area contributed by atoms with Crippen molar-refractivity contribution in [3.8, 4) is 0 Å². The van der Waals surface area contributed by atoms with Crippen molar-refractivity contribution in [2.24, 2.45) is 0 Å². The van der Waals surface area contributed by atoms with E-state index in [1.807, 2.05) is 30.3 Å². The summed E-state index contributed by atoms with van der Waals surface area (Å²) in [6.07, 6.45) is 32.1. The number of carbonyl (C=O) groups excluding carboxylic acids is 3. The molecule has 0 aromatic heterocycles. The molecule has 51 heavy (non-hydrogen) atoms. The van der Waals surface area contributed by atoms with Crippen LogP contribution in [0.5, 0.6) is 0 Å². The van der Waals surface area contributed by atoms with Crippen molar-refractivity contribution in [2.75, 3.05) is 19.6 Å². The molecular weight excluding hydrogens is 636 g/mol. The number of ether oxygens (including phenoxy) is 1. The van der Waals surface area contributed by atoms with Crippen LogP contribution in [0.4, 0.5) is 9.59 Å². The lowest BCUT2D eigenvalue weighted by atomic mass is 10.0. The van der Waals surface area contributed by atoms with Crippen LogP contribution in [0.3, 0.4) is 0 Å². The Labute approximate surface area is 313 Å². The van der Waals surface area contributed by atoms with Crippen molar-refractivity contribution >= 4 is 18.0 Å². The minimum Gasteiger partial charge on any atom is -0.445 e. The number of hydrogen-bond acceptors (Lipinski definition) is 4. The molecule has 8 nitrogen and oxygen atoms in total. The van der Waals surface area contributed by atoms with E-state index in [1.54, 1.807) is 0 Å². The average molecular weight is 715 g/mol. The van der Waals surface area contributed by atoms with Gasteiger partial charge in [0.1, 0.15) is 12.6 Å². The standard InChI is InChI=1S/C43H78N4O4/c1-3-5-7-9-11-13-15-16-17-18-20-22-24-30-36-45-42(49)47-40(41(48)44-35-29-23-21-19-14-12-10-8-6-4-2)34-28-31-37-46-43(50)51-38-39-32-26-25-27-33-39/h25-27,32-33,40H,3-24,28-31,34-38H2,1-2H3,(H,44,48)(H,46,50)(H2,45,47,49)/t40-/m0/s1. The second-order valence-electron chi connectivity index (χ2n) is 14.5. The van der Waals surface area contributed by atoms with Gasteiger partial charge >= 0.3 is 12.1 Å². The summed E-state index contributed by atoms with van der Waals surface area (Å²) < 4.78 is 5.28. The van der Waals surface area contributed by atoms with Crippen LogP contribution in [0.2, 0.25) is 0 Å². The van der Waals surface area contributed by atoms with E-state index in [0.717, 1.165) is 31.2 Å². The molecule has 4 N–H and O–H groups in total. The van der Waals surface area contributed by atoms with Crippen LogP contribution in [0, 0.1) is 0 Å². The predicted octanol–water partition coefficient (Wildman–Crippen LogP) is 11.3. The van der Waals surface area contributed by atoms with E-state index in [9.17, 15) is 14.4 Å². The molecule has 8 heteroatoms. The van der Waals surface area contributed by atoms with Gasteiger partial charge in [0, 0.05) is 19.6 Å². The van der Waals surface area contributed by atoms with Crippen molar-refractivity contribution in [3.05, 3.63) is 35.9 Å². The summed E-state index contributed by atoms with van der Waals surface area (Å²) in [5.74, 6) is -0.132. The van der Waals surface area contributed by atoms with Gasteiger partial charge in [-0.3, -0.25) is 4.79 Å². The third-order valence-electron chi connectivity index (χ3n) is 9.67. The van der Waals surface area contributed by atoms with Gasteiger partial charge in [0.15, 0.2) is 0 Å². The topological polar surface area (TPSA) is 109 Å². The van der Waals surface area contributed by atoms with Crippen LogP contribution in [0.15, 0.2) is 30.3 Å². The van der Waals surface area contributed by atoms with Crippen LogP contribution >= 0.6 is 0 Å². The molecule has 1 aromatic carbocycles. The summed E-state index contributed by atoms with van der Waals surface area (Å²) in [5, 5.41) is 11.7. The molecule has 0 spiro atoms. The van der Waals surface area contributed by atoms with E-state index in [1.165, 1.54) is 128 Å². The summed E-state index contributed by atoms with van der Waals surface area (Å²) >= 11 is 0. The van der Waals surface area contributed by atoms with E-state index in [0.29, 0.717) is 38.9 Å². The van der Waals surface area contributed by atoms with Gasteiger partial charge in [-0.1, -0.05) is 185 Å². The Kier molecular flexibility index (Phi) is 32.3. The molecule has 1 atom stereocenters. The Morgan fingerprint density at radius 3 is 1.41 bits per heavy atom. The fourth-order valence-electron chi connectivity index (χ4n) is 6.38. The molecule has 0 heterocycles. The molecule has 0 unspecified atom stereocenters. The first-order valence-corrected chi connectivity index (χ1v) is 21.3. The van der Waals surface area contributed by atoms with Crippen LogP contribution in [0.1, 0.15) is 193 Å². The summed E-state index contributed by atoms with van der Waals surface area (Å²) in [4.78, 5) is 37.9. The van der Waals surface area contributed by atoms with Gasteiger partial charge in [0.2, 0.25) is 5.91 Å². The molecule has 0 aliphatic heterocycles. The minimum atomic E-state index is -0.602. The van der Waals surface area contributed by atoms with Crippen LogP contribution < -0.4 is 21.3 Å². The first-order valence-electron chi connectivity index (χ1n) is 21.3. The summed E-state index contributed by atoms with van der Waals surface area (Å²) in [7, 11) is 0. The number of amides is 4. The van der Waals surface area contributed by atoms with E-state index < -0.39 is 12.1 Å². The second kappa shape index (κ2) is 35.6. The monoisotopic (exact) mass is 715 g/mol. The van der Waals surface area contributed by atoms with Gasteiger partial charge in [0.25, 0.3) is 0 Å². The highest BCUT2D eigenvalue weighted by Gasteiger charge is 2.20. The normalized spacial score (nSPS) is 11.6. The molecule has 1 aromatic rings. The van der Waals surface area contributed by atoms with Crippen LogP contribution in [-0.2, 0) is 16.1 Å². The smallest absolute Gasteiger partial charge is 0.407 e. The molecule has 0 aliphatic carbocycles. The van der Waals surface area contributed by atoms with E-state index >= 15 is 0 Å². The highest BCUT2D eigenvalue weighted by Crippen LogP contribution is 2.13. The molecule has 0 aliphatic rings. The Bertz CT molecular complexity index is 945. The van der Waals surface area contributed by atoms with Crippen LogP contribution in [0.25, 0.3) is 0 Å². The first kappa shape index (κ1) is 46.3. The predicted molar refractivity (Wildman–Crippen MR) is 214 cm³/mol. The Morgan fingerprint density at radius 1 is 0.510 bits per heavy atom. The van der Waals surface area contributed by atoms with Crippen LogP contribution in [-0.4, -0.2) is 43.7 Å². The van der Waals surface area contributed by atoms with Crippen molar-refractivity contribution in [1.29, 1.82) is 0 Å². The molecule has 294 valence electrons. The number of unbranched alkanes of at least 4 members (excludes halogenated alkanes) is 23. The molecule has 0 saturated carbocycles. The Hall–Kier alpha value is -2.77. The molecule has 0 radical (unpaired) electrons. The van der Waals surface area contributed by atoms with E-state index in [4.69, 9.17) is 4.74 Å². The maximum Gasteiger partial charge on any atom is 0.407 e. The number of carbonyl (C=O) groups is 3. The number of benzene rings is 1. The summed E-state index contributed by atoms with van der Waals surface area (Å²) in [6.45, 7) is 6.44. The minimum absolute atomic E-state index is 0.132. The van der Waals surface area contributed by atoms with E-state index in [-0.39, 0.29) is 18.5 Å². The lowest BCUT2D eigenvalue weighted by Crippen LogP contribution is -2.50. The molecule has 0 fully saturated rings. The van der Waals surface area contributed by atoms with E-state index in [2.05, 4.69) is 35.1 Å². The maximum absolute atomic E-state index is 13.1. The Balaban J connectivity index is 2.26. The van der Waals surface area contributed by atoms with Crippen molar-refractivity contribution in [3.63, 3.8) is 0 Å². The first-order chi connectivity index (χ1) is 25.1. The van der Waals surface area contributed by atoms with Gasteiger partial charge in [-0.15, -0.1) is 0 Å². The van der Waals surface area contributed by atoms with Crippen molar-refractivity contribution in [2.45, 2.75) is 200 Å². The van der Waals surface area contributed by atoms with Gasteiger partial charge in [0.05, 0.1) is 0 Å². The second-order valence-corrected chi connectivity index (χ2v) is 14.5. The number of urea groups is 1. The lowest BCUT2D eigenvalue weighted by molar-refractivity contribution is -0.123. The average Bonchev–Trinajstić information content (AvgIpc) is 3.14. The highest BCUT2D eigenvalue weighted by atomic mass is 16.5. The molecule has 4 amide bonds. The van der Waals surface area contributed by atoms with Crippen molar-refractivity contribution < 1.29 is 19.1 Å². The zero-order chi connectivity index (χ0) is 36.9. The molecular formula is C43H78N4O4. The van der Waals surface area contributed by atoms with Gasteiger partial charge in [-0.05, 0) is 37.7 Å². The molecule has 1 rings (SSSR count). The number of hydrogen-bond donors (Lipinski definition) is 4. The quantitative estimate of drug-likeness (QED) is 0.0525. The third-order valence-corrected chi connectivity index (χ3v) is 9.67. The summed E-state index contributed by atoms with van der Waals surface area (Å²) in [6, 6.07) is 8.69. The highest BCUT2D eigenvalue weighted by molar-refractivity contribution is 5.86. The third kappa shape index (κ3) is 30.6. The molecule has 0 saturated heterocycles. The number of rotatable bonds is 35. The van der Waals surface area contributed by atoms with Gasteiger partial charge in [-0.2, -0.15) is 0 Å².